The Kier molecular flexibility index (Phi) is 8.71. The van der Waals surface area contributed by atoms with Gasteiger partial charge in [-0.3, -0.25) is 4.90 Å². The molecule has 1 N–H and O–H groups in total. The van der Waals surface area contributed by atoms with Crippen molar-refractivity contribution < 1.29 is 14.6 Å². The van der Waals surface area contributed by atoms with Crippen molar-refractivity contribution in [3.8, 4) is 11.5 Å². The van der Waals surface area contributed by atoms with Crippen LogP contribution in [0.3, 0.4) is 0 Å². The summed E-state index contributed by atoms with van der Waals surface area (Å²) in [5.41, 5.74) is 1.45. The fraction of sp³-hybridized carbons (Fsp3) is 0.464. The van der Waals surface area contributed by atoms with Crippen LogP contribution in [0.4, 0.5) is 0 Å². The fourth-order valence-corrected chi connectivity index (χ4v) is 4.75. The van der Waals surface area contributed by atoms with Crippen LogP contribution in [0, 0.1) is 6.92 Å². The molecule has 0 radical (unpaired) electrons. The molecule has 1 fully saturated rings. The van der Waals surface area contributed by atoms with Gasteiger partial charge in [0, 0.05) is 31.9 Å². The van der Waals surface area contributed by atoms with E-state index in [9.17, 15) is 5.11 Å². The Hall–Kier alpha value is -2.54. The molecule has 1 aromatic heterocycles. The number of likely N-dealkylation sites (tertiary alicyclic amines) is 1. The SMILES string of the molecule is CCc1nccn1CCOc1cccc(CN2CCC[C@](O)(COc3cc(C)ccc3Cl)CC2)c1. The Morgan fingerprint density at radius 3 is 2.86 bits per heavy atom. The van der Waals surface area contributed by atoms with Crippen LogP contribution in [-0.4, -0.2) is 51.5 Å². The van der Waals surface area contributed by atoms with E-state index >= 15 is 0 Å². The summed E-state index contributed by atoms with van der Waals surface area (Å²) >= 11 is 6.26. The molecule has 7 heteroatoms. The van der Waals surface area contributed by atoms with Crippen molar-refractivity contribution >= 4 is 11.6 Å². The van der Waals surface area contributed by atoms with E-state index in [-0.39, 0.29) is 6.61 Å². The Morgan fingerprint density at radius 2 is 2.00 bits per heavy atom. The van der Waals surface area contributed by atoms with Gasteiger partial charge in [0.2, 0.25) is 0 Å². The number of nitrogens with zero attached hydrogens (tertiary/aromatic N) is 3. The number of rotatable bonds is 10. The van der Waals surface area contributed by atoms with E-state index in [0.717, 1.165) is 56.2 Å². The van der Waals surface area contributed by atoms with Crippen LogP contribution in [-0.2, 0) is 19.5 Å². The summed E-state index contributed by atoms with van der Waals surface area (Å²) in [6.07, 6.45) is 7.05. The van der Waals surface area contributed by atoms with Gasteiger partial charge in [-0.25, -0.2) is 4.98 Å². The first-order valence-corrected chi connectivity index (χ1v) is 12.9. The molecule has 1 aliphatic heterocycles. The van der Waals surface area contributed by atoms with Crippen molar-refractivity contribution in [3.05, 3.63) is 76.8 Å². The molecule has 0 unspecified atom stereocenters. The van der Waals surface area contributed by atoms with Gasteiger partial charge < -0.3 is 19.1 Å². The molecule has 2 heterocycles. The van der Waals surface area contributed by atoms with E-state index in [1.165, 1.54) is 5.56 Å². The molecule has 3 aromatic rings. The molecule has 6 nitrogen and oxygen atoms in total. The largest absolute Gasteiger partial charge is 0.492 e. The summed E-state index contributed by atoms with van der Waals surface area (Å²) in [6.45, 7) is 8.35. The summed E-state index contributed by atoms with van der Waals surface area (Å²) in [4.78, 5) is 6.76. The molecule has 1 saturated heterocycles. The third-order valence-corrected chi connectivity index (χ3v) is 6.93. The van der Waals surface area contributed by atoms with Crippen LogP contribution < -0.4 is 9.47 Å². The monoisotopic (exact) mass is 497 g/mol. The van der Waals surface area contributed by atoms with E-state index in [0.29, 0.717) is 30.2 Å². The maximum atomic E-state index is 11.2. The molecular weight excluding hydrogens is 462 g/mol. The van der Waals surface area contributed by atoms with E-state index in [1.54, 1.807) is 0 Å². The number of hydrogen-bond acceptors (Lipinski definition) is 5. The van der Waals surface area contributed by atoms with Gasteiger partial charge in [0.05, 0.1) is 17.2 Å². The Labute approximate surface area is 213 Å². The highest BCUT2D eigenvalue weighted by molar-refractivity contribution is 6.32. The normalized spacial score (nSPS) is 18.9. The Balaban J connectivity index is 1.27. The number of imidazole rings is 1. The second-order valence-electron chi connectivity index (χ2n) is 9.46. The van der Waals surface area contributed by atoms with Gasteiger partial charge in [0.25, 0.3) is 0 Å². The van der Waals surface area contributed by atoms with Crippen LogP contribution in [0.1, 0.15) is 43.1 Å². The maximum Gasteiger partial charge on any atom is 0.138 e. The van der Waals surface area contributed by atoms with Gasteiger partial charge >= 0.3 is 0 Å². The zero-order valence-electron chi connectivity index (χ0n) is 20.8. The number of aryl methyl sites for hydroxylation is 2. The zero-order valence-corrected chi connectivity index (χ0v) is 21.5. The molecule has 0 saturated carbocycles. The average molecular weight is 498 g/mol. The van der Waals surface area contributed by atoms with Crippen molar-refractivity contribution in [2.45, 2.75) is 58.2 Å². The van der Waals surface area contributed by atoms with Crippen molar-refractivity contribution in [3.63, 3.8) is 0 Å². The molecule has 1 aliphatic rings. The third-order valence-electron chi connectivity index (χ3n) is 6.62. The number of benzene rings is 2. The van der Waals surface area contributed by atoms with Gasteiger partial charge in [-0.2, -0.15) is 0 Å². The Bertz CT molecular complexity index is 1100. The molecule has 1 atom stereocenters. The lowest BCUT2D eigenvalue weighted by Gasteiger charge is -2.27. The summed E-state index contributed by atoms with van der Waals surface area (Å²) in [5.74, 6) is 2.60. The lowest BCUT2D eigenvalue weighted by atomic mass is 9.96. The van der Waals surface area contributed by atoms with Crippen LogP contribution >= 0.6 is 11.6 Å². The van der Waals surface area contributed by atoms with Gasteiger partial charge in [-0.05, 0) is 68.1 Å². The summed E-state index contributed by atoms with van der Waals surface area (Å²) in [7, 11) is 0. The number of hydrogen-bond donors (Lipinski definition) is 1. The first-order valence-electron chi connectivity index (χ1n) is 12.5. The van der Waals surface area contributed by atoms with Crippen LogP contribution in [0.15, 0.2) is 54.9 Å². The summed E-state index contributed by atoms with van der Waals surface area (Å²) < 4.78 is 14.1. The minimum Gasteiger partial charge on any atom is -0.492 e. The number of aliphatic hydroxyl groups is 1. The van der Waals surface area contributed by atoms with E-state index < -0.39 is 5.60 Å². The first-order chi connectivity index (χ1) is 16.9. The van der Waals surface area contributed by atoms with Gasteiger partial charge in [-0.1, -0.05) is 36.7 Å². The lowest BCUT2D eigenvalue weighted by Crippen LogP contribution is -2.37. The average Bonchev–Trinajstić information content (AvgIpc) is 3.23. The Morgan fingerprint density at radius 1 is 1.11 bits per heavy atom. The fourth-order valence-electron chi connectivity index (χ4n) is 4.58. The lowest BCUT2D eigenvalue weighted by molar-refractivity contribution is -0.0168. The summed E-state index contributed by atoms with van der Waals surface area (Å²) in [5, 5.41) is 11.8. The molecule has 0 amide bonds. The first kappa shape index (κ1) is 25.5. The molecule has 188 valence electrons. The minimum atomic E-state index is -0.850. The van der Waals surface area contributed by atoms with Crippen LogP contribution in [0.5, 0.6) is 11.5 Å². The standard InChI is InChI=1S/C28H36ClN3O3/c1-3-27-30-12-15-32(27)16-17-34-24-7-4-6-23(19-24)20-31-13-5-10-28(33,11-14-31)21-35-26-18-22(2)8-9-25(26)29/h4,6-9,12,15,18-19,33H,3,5,10-11,13-14,16-17,20-21H2,1-2H3/t28-/m1/s1. The predicted molar refractivity (Wildman–Crippen MR) is 139 cm³/mol. The highest BCUT2D eigenvalue weighted by atomic mass is 35.5. The van der Waals surface area contributed by atoms with E-state index in [2.05, 4.69) is 33.5 Å². The van der Waals surface area contributed by atoms with Gasteiger partial charge in [-0.15, -0.1) is 0 Å². The molecule has 2 aromatic carbocycles. The van der Waals surface area contributed by atoms with Crippen molar-refractivity contribution in [1.29, 1.82) is 0 Å². The van der Waals surface area contributed by atoms with Gasteiger partial charge in [0.15, 0.2) is 0 Å². The topological polar surface area (TPSA) is 59.8 Å². The number of aromatic nitrogens is 2. The number of ether oxygens (including phenoxy) is 2. The molecule has 0 aliphatic carbocycles. The summed E-state index contributed by atoms with van der Waals surface area (Å²) in [6, 6.07) is 14.0. The molecule has 35 heavy (non-hydrogen) atoms. The molecular formula is C28H36ClN3O3. The predicted octanol–water partition coefficient (Wildman–Crippen LogP) is 5.28. The molecule has 0 bridgehead atoms. The third kappa shape index (κ3) is 7.23. The maximum absolute atomic E-state index is 11.2. The van der Waals surface area contributed by atoms with Crippen LogP contribution in [0.25, 0.3) is 0 Å². The smallest absolute Gasteiger partial charge is 0.138 e. The molecule has 4 rings (SSSR count). The van der Waals surface area contributed by atoms with Crippen molar-refractivity contribution in [2.75, 3.05) is 26.3 Å². The zero-order chi connectivity index (χ0) is 24.7. The molecule has 0 spiro atoms. The number of halogens is 1. The quantitative estimate of drug-likeness (QED) is 0.413. The highest BCUT2D eigenvalue weighted by Crippen LogP contribution is 2.29. The van der Waals surface area contributed by atoms with Crippen molar-refractivity contribution in [1.82, 2.24) is 14.5 Å². The second-order valence-corrected chi connectivity index (χ2v) is 9.87. The van der Waals surface area contributed by atoms with E-state index in [1.807, 2.05) is 49.6 Å². The van der Waals surface area contributed by atoms with Crippen molar-refractivity contribution in [2.24, 2.45) is 0 Å². The minimum absolute atomic E-state index is 0.254. The van der Waals surface area contributed by atoms with Crippen LogP contribution in [0.2, 0.25) is 5.02 Å². The van der Waals surface area contributed by atoms with E-state index in [4.69, 9.17) is 21.1 Å². The highest BCUT2D eigenvalue weighted by Gasteiger charge is 2.31. The second kappa shape index (κ2) is 11.9. The van der Waals surface area contributed by atoms with Gasteiger partial charge in [0.1, 0.15) is 30.5 Å².